The van der Waals surface area contributed by atoms with E-state index in [-0.39, 0.29) is 5.97 Å². The minimum atomic E-state index is -0.357. The first kappa shape index (κ1) is 11.0. The summed E-state index contributed by atoms with van der Waals surface area (Å²) in [5.74, 6) is 0.700. The third-order valence-corrected chi connectivity index (χ3v) is 3.25. The SMILES string of the molecule is Cc1nc2cc(OC(=O)c3cccs3)ccc2o1. The molecule has 0 N–H and O–H groups in total. The van der Waals surface area contributed by atoms with Crippen molar-refractivity contribution in [1.82, 2.24) is 4.98 Å². The van der Waals surface area contributed by atoms with Crippen LogP contribution in [0.3, 0.4) is 0 Å². The van der Waals surface area contributed by atoms with E-state index >= 15 is 0 Å². The van der Waals surface area contributed by atoms with Gasteiger partial charge in [0.25, 0.3) is 0 Å². The second-order valence-electron chi connectivity index (χ2n) is 3.73. The lowest BCUT2D eigenvalue weighted by molar-refractivity contribution is 0.0740. The number of benzene rings is 1. The maximum atomic E-state index is 11.8. The first-order valence-corrected chi connectivity index (χ1v) is 6.23. The van der Waals surface area contributed by atoms with E-state index in [0.717, 1.165) is 0 Å². The van der Waals surface area contributed by atoms with Crippen molar-refractivity contribution in [2.45, 2.75) is 6.92 Å². The van der Waals surface area contributed by atoms with Crippen LogP contribution >= 0.6 is 11.3 Å². The Morgan fingerprint density at radius 1 is 1.39 bits per heavy atom. The van der Waals surface area contributed by atoms with Crippen molar-refractivity contribution >= 4 is 28.4 Å². The summed E-state index contributed by atoms with van der Waals surface area (Å²) in [7, 11) is 0. The van der Waals surface area contributed by atoms with Gasteiger partial charge in [-0.1, -0.05) is 6.07 Å². The number of hydrogen-bond acceptors (Lipinski definition) is 5. The van der Waals surface area contributed by atoms with Crippen molar-refractivity contribution in [2.24, 2.45) is 0 Å². The highest BCUT2D eigenvalue weighted by Gasteiger charge is 2.11. The molecule has 2 heterocycles. The molecule has 0 aliphatic carbocycles. The number of thiophene rings is 1. The summed E-state index contributed by atoms with van der Waals surface area (Å²) in [5.41, 5.74) is 1.37. The predicted octanol–water partition coefficient (Wildman–Crippen LogP) is 3.42. The number of aromatic nitrogens is 1. The van der Waals surface area contributed by atoms with Crippen molar-refractivity contribution in [3.8, 4) is 5.75 Å². The van der Waals surface area contributed by atoms with Gasteiger partial charge in [0.05, 0.1) is 0 Å². The van der Waals surface area contributed by atoms with Crippen LogP contribution < -0.4 is 4.74 Å². The number of hydrogen-bond donors (Lipinski definition) is 0. The number of ether oxygens (including phenoxy) is 1. The standard InChI is InChI=1S/C13H9NO3S/c1-8-14-10-7-9(4-5-11(10)16-8)17-13(15)12-3-2-6-18-12/h2-7H,1H3. The number of aryl methyl sites for hydroxylation is 1. The molecule has 0 aliphatic rings. The monoisotopic (exact) mass is 259 g/mol. The fourth-order valence-corrected chi connectivity index (χ4v) is 2.24. The van der Waals surface area contributed by atoms with Crippen LogP contribution in [0.5, 0.6) is 5.75 Å². The molecule has 4 nitrogen and oxygen atoms in total. The van der Waals surface area contributed by atoms with Crippen LogP contribution in [0.1, 0.15) is 15.6 Å². The number of nitrogens with zero attached hydrogens (tertiary/aromatic N) is 1. The topological polar surface area (TPSA) is 52.3 Å². The Hall–Kier alpha value is -2.14. The molecule has 0 saturated heterocycles. The summed E-state index contributed by atoms with van der Waals surface area (Å²) in [5, 5.41) is 1.83. The molecule has 3 aromatic rings. The maximum Gasteiger partial charge on any atom is 0.353 e. The van der Waals surface area contributed by atoms with Gasteiger partial charge in [0, 0.05) is 13.0 Å². The Kier molecular flexibility index (Phi) is 2.60. The lowest BCUT2D eigenvalue weighted by Gasteiger charge is -2.01. The van der Waals surface area contributed by atoms with Gasteiger partial charge < -0.3 is 9.15 Å². The van der Waals surface area contributed by atoms with E-state index in [0.29, 0.717) is 27.6 Å². The third-order valence-electron chi connectivity index (χ3n) is 2.40. The van der Waals surface area contributed by atoms with Gasteiger partial charge in [0.1, 0.15) is 16.1 Å². The summed E-state index contributed by atoms with van der Waals surface area (Å²) in [6.07, 6.45) is 0. The molecule has 0 fully saturated rings. The zero-order chi connectivity index (χ0) is 12.5. The molecule has 5 heteroatoms. The van der Waals surface area contributed by atoms with Gasteiger partial charge in [0.2, 0.25) is 0 Å². The number of carbonyl (C=O) groups is 1. The number of fused-ring (bicyclic) bond motifs is 1. The Bertz CT molecular complexity index is 700. The van der Waals surface area contributed by atoms with Crippen LogP contribution in [0.15, 0.2) is 40.1 Å². The molecule has 0 amide bonds. The largest absolute Gasteiger partial charge is 0.441 e. The quantitative estimate of drug-likeness (QED) is 0.522. The number of carbonyl (C=O) groups excluding carboxylic acids is 1. The number of oxazole rings is 1. The molecular weight excluding hydrogens is 250 g/mol. The molecule has 0 atom stereocenters. The summed E-state index contributed by atoms with van der Waals surface area (Å²) < 4.78 is 10.6. The molecule has 0 bridgehead atoms. The fourth-order valence-electron chi connectivity index (χ4n) is 1.64. The van der Waals surface area contributed by atoms with Crippen LogP contribution in [0.25, 0.3) is 11.1 Å². The van der Waals surface area contributed by atoms with Crippen molar-refractivity contribution in [3.63, 3.8) is 0 Å². The smallest absolute Gasteiger partial charge is 0.353 e. The van der Waals surface area contributed by atoms with E-state index in [2.05, 4.69) is 4.98 Å². The number of esters is 1. The molecule has 90 valence electrons. The summed E-state index contributed by atoms with van der Waals surface area (Å²) in [4.78, 5) is 16.5. The highest BCUT2D eigenvalue weighted by Crippen LogP contribution is 2.22. The van der Waals surface area contributed by atoms with Crippen LogP contribution in [0.4, 0.5) is 0 Å². The van der Waals surface area contributed by atoms with Crippen molar-refractivity contribution in [3.05, 3.63) is 46.5 Å². The minimum absolute atomic E-state index is 0.357. The van der Waals surface area contributed by atoms with E-state index in [9.17, 15) is 4.79 Å². The highest BCUT2D eigenvalue weighted by molar-refractivity contribution is 7.12. The average molecular weight is 259 g/mol. The first-order valence-electron chi connectivity index (χ1n) is 5.35. The Balaban J connectivity index is 1.88. The molecule has 0 aliphatic heterocycles. The molecule has 2 aromatic heterocycles. The summed E-state index contributed by atoms with van der Waals surface area (Å²) >= 11 is 1.35. The fraction of sp³-hybridized carbons (Fsp3) is 0.0769. The second-order valence-corrected chi connectivity index (χ2v) is 4.68. The van der Waals surface area contributed by atoms with Gasteiger partial charge in [-0.05, 0) is 23.6 Å². The minimum Gasteiger partial charge on any atom is -0.441 e. The van der Waals surface area contributed by atoms with Gasteiger partial charge >= 0.3 is 5.97 Å². The first-order chi connectivity index (χ1) is 8.72. The van der Waals surface area contributed by atoms with Crippen LogP contribution in [0, 0.1) is 6.92 Å². The van der Waals surface area contributed by atoms with Crippen LogP contribution in [0.2, 0.25) is 0 Å². The predicted molar refractivity (Wildman–Crippen MR) is 68.0 cm³/mol. The molecule has 18 heavy (non-hydrogen) atoms. The zero-order valence-electron chi connectivity index (χ0n) is 9.54. The third kappa shape index (κ3) is 2.00. The van der Waals surface area contributed by atoms with Gasteiger partial charge in [-0.15, -0.1) is 11.3 Å². The van der Waals surface area contributed by atoms with Gasteiger partial charge in [-0.3, -0.25) is 0 Å². The Morgan fingerprint density at radius 3 is 3.06 bits per heavy atom. The normalized spacial score (nSPS) is 10.7. The van der Waals surface area contributed by atoms with Gasteiger partial charge in [0.15, 0.2) is 11.5 Å². The summed E-state index contributed by atoms with van der Waals surface area (Å²) in [6.45, 7) is 1.78. The average Bonchev–Trinajstić information content (AvgIpc) is 2.95. The maximum absolute atomic E-state index is 11.8. The van der Waals surface area contributed by atoms with Gasteiger partial charge in [-0.25, -0.2) is 9.78 Å². The molecule has 1 aromatic carbocycles. The lowest BCUT2D eigenvalue weighted by atomic mass is 10.3. The van der Waals surface area contributed by atoms with Gasteiger partial charge in [-0.2, -0.15) is 0 Å². The van der Waals surface area contributed by atoms with E-state index in [1.54, 1.807) is 31.2 Å². The van der Waals surface area contributed by atoms with E-state index < -0.39 is 0 Å². The second kappa shape index (κ2) is 4.27. The number of rotatable bonds is 2. The van der Waals surface area contributed by atoms with Crippen molar-refractivity contribution in [1.29, 1.82) is 0 Å². The lowest BCUT2D eigenvalue weighted by Crippen LogP contribution is -2.05. The molecule has 3 rings (SSSR count). The van der Waals surface area contributed by atoms with Crippen molar-refractivity contribution in [2.75, 3.05) is 0 Å². The summed E-state index contributed by atoms with van der Waals surface area (Å²) in [6, 6.07) is 8.67. The van der Waals surface area contributed by atoms with Crippen LogP contribution in [-0.4, -0.2) is 11.0 Å². The molecule has 0 spiro atoms. The molecule has 0 radical (unpaired) electrons. The molecular formula is C13H9NO3S. The zero-order valence-corrected chi connectivity index (χ0v) is 10.4. The van der Waals surface area contributed by atoms with Crippen molar-refractivity contribution < 1.29 is 13.9 Å². The Morgan fingerprint density at radius 2 is 2.28 bits per heavy atom. The molecule has 0 unspecified atom stereocenters. The highest BCUT2D eigenvalue weighted by atomic mass is 32.1. The molecule has 0 saturated carbocycles. The Labute approximate surface area is 107 Å². The van der Waals surface area contributed by atoms with E-state index in [1.807, 2.05) is 11.4 Å². The van der Waals surface area contributed by atoms with E-state index in [4.69, 9.17) is 9.15 Å². The van der Waals surface area contributed by atoms with Crippen LogP contribution in [-0.2, 0) is 0 Å². The van der Waals surface area contributed by atoms with E-state index in [1.165, 1.54) is 11.3 Å².